The van der Waals surface area contributed by atoms with Gasteiger partial charge in [-0.25, -0.2) is 4.79 Å². The second kappa shape index (κ2) is 9.87. The molecule has 0 saturated heterocycles. The SMILES string of the molecule is COc1ccc(CNC(=O)CCn2c(=O)c3sccc3n(Cc3ccc(C)cc3)c2=O)cc1. The molecule has 0 bridgehead atoms. The van der Waals surface area contributed by atoms with Gasteiger partial charge in [0.2, 0.25) is 5.91 Å². The summed E-state index contributed by atoms with van der Waals surface area (Å²) in [5.74, 6) is 0.517. The largest absolute Gasteiger partial charge is 0.497 e. The number of amides is 1. The third kappa shape index (κ3) is 5.06. The molecule has 0 fully saturated rings. The Bertz CT molecular complexity index is 1380. The average Bonchev–Trinajstić information content (AvgIpc) is 3.32. The Morgan fingerprint density at radius 3 is 2.36 bits per heavy atom. The van der Waals surface area contributed by atoms with Crippen LogP contribution in [0.4, 0.5) is 0 Å². The highest BCUT2D eigenvalue weighted by molar-refractivity contribution is 7.17. The van der Waals surface area contributed by atoms with Crippen LogP contribution in [0.3, 0.4) is 0 Å². The first-order valence-corrected chi connectivity index (χ1v) is 11.5. The summed E-state index contributed by atoms with van der Waals surface area (Å²) in [6.07, 6.45) is 0.0344. The van der Waals surface area contributed by atoms with Crippen LogP contribution in [-0.4, -0.2) is 22.2 Å². The van der Waals surface area contributed by atoms with Gasteiger partial charge in [-0.1, -0.05) is 42.0 Å². The van der Waals surface area contributed by atoms with Crippen LogP contribution in [-0.2, 0) is 24.4 Å². The van der Waals surface area contributed by atoms with E-state index in [0.717, 1.165) is 22.4 Å². The summed E-state index contributed by atoms with van der Waals surface area (Å²) < 4.78 is 8.42. The van der Waals surface area contributed by atoms with Gasteiger partial charge in [0.1, 0.15) is 10.4 Å². The van der Waals surface area contributed by atoms with Gasteiger partial charge in [0.05, 0.1) is 19.2 Å². The first-order valence-electron chi connectivity index (χ1n) is 10.6. The number of nitrogens with zero attached hydrogens (tertiary/aromatic N) is 2. The van der Waals surface area contributed by atoms with Crippen molar-refractivity contribution in [3.63, 3.8) is 0 Å². The molecule has 0 aliphatic heterocycles. The predicted octanol–water partition coefficient (Wildman–Crippen LogP) is 3.30. The van der Waals surface area contributed by atoms with Crippen LogP contribution in [0.1, 0.15) is 23.1 Å². The average molecular weight is 464 g/mol. The van der Waals surface area contributed by atoms with Crippen LogP contribution in [0.2, 0.25) is 0 Å². The fourth-order valence-corrected chi connectivity index (χ4v) is 4.45. The van der Waals surface area contributed by atoms with Gasteiger partial charge in [0, 0.05) is 19.5 Å². The zero-order chi connectivity index (χ0) is 23.4. The summed E-state index contributed by atoms with van der Waals surface area (Å²) in [7, 11) is 1.60. The van der Waals surface area contributed by atoms with E-state index in [0.29, 0.717) is 23.3 Å². The molecule has 0 aliphatic rings. The van der Waals surface area contributed by atoms with Crippen LogP contribution >= 0.6 is 11.3 Å². The Balaban J connectivity index is 1.51. The number of methoxy groups -OCH3 is 1. The standard InChI is InChI=1S/C25H25N3O4S/c1-17-3-5-19(6-4-17)16-28-21-12-14-33-23(21)24(30)27(25(28)31)13-11-22(29)26-15-18-7-9-20(32-2)10-8-18/h3-10,12,14H,11,13,15-16H2,1-2H3,(H,26,29). The summed E-state index contributed by atoms with van der Waals surface area (Å²) in [5.41, 5.74) is 2.90. The minimum atomic E-state index is -0.408. The highest BCUT2D eigenvalue weighted by Crippen LogP contribution is 2.17. The van der Waals surface area contributed by atoms with Crippen LogP contribution in [0, 0.1) is 6.92 Å². The molecular weight excluding hydrogens is 438 g/mol. The van der Waals surface area contributed by atoms with Crippen LogP contribution in [0.15, 0.2) is 69.6 Å². The maximum atomic E-state index is 13.2. The quantitative estimate of drug-likeness (QED) is 0.435. The lowest BCUT2D eigenvalue weighted by Gasteiger charge is -2.13. The lowest BCUT2D eigenvalue weighted by Crippen LogP contribution is -2.40. The molecule has 0 atom stereocenters. The summed E-state index contributed by atoms with van der Waals surface area (Å²) in [6, 6.07) is 17.1. The lowest BCUT2D eigenvalue weighted by atomic mass is 10.1. The van der Waals surface area contributed by atoms with E-state index in [-0.39, 0.29) is 24.4 Å². The minimum absolute atomic E-state index is 0.0217. The monoisotopic (exact) mass is 463 g/mol. The van der Waals surface area contributed by atoms with E-state index in [4.69, 9.17) is 4.74 Å². The van der Waals surface area contributed by atoms with Gasteiger partial charge in [0.25, 0.3) is 5.56 Å². The maximum absolute atomic E-state index is 13.2. The molecule has 2 heterocycles. The van der Waals surface area contributed by atoms with Crippen LogP contribution in [0.5, 0.6) is 5.75 Å². The summed E-state index contributed by atoms with van der Waals surface area (Å²) in [5, 5.41) is 4.64. The Labute approximate surface area is 194 Å². The first kappa shape index (κ1) is 22.5. The Morgan fingerprint density at radius 2 is 1.67 bits per heavy atom. The van der Waals surface area contributed by atoms with Crippen molar-refractivity contribution < 1.29 is 9.53 Å². The van der Waals surface area contributed by atoms with Gasteiger partial charge in [-0.2, -0.15) is 0 Å². The molecule has 0 radical (unpaired) electrons. The van der Waals surface area contributed by atoms with Crippen molar-refractivity contribution in [2.45, 2.75) is 33.0 Å². The molecule has 8 heteroatoms. The first-order chi connectivity index (χ1) is 16.0. The van der Waals surface area contributed by atoms with Crippen molar-refractivity contribution in [3.05, 3.63) is 97.5 Å². The molecule has 2 aromatic carbocycles. The van der Waals surface area contributed by atoms with Gasteiger partial charge in [-0.05, 0) is 41.6 Å². The number of carbonyl (C=O) groups excluding carboxylic acids is 1. The zero-order valence-corrected chi connectivity index (χ0v) is 19.4. The molecule has 4 aromatic rings. The molecule has 4 rings (SSSR count). The number of aryl methyl sites for hydroxylation is 1. The van der Waals surface area contributed by atoms with Crippen molar-refractivity contribution >= 4 is 27.5 Å². The normalized spacial score (nSPS) is 11.0. The molecule has 33 heavy (non-hydrogen) atoms. The predicted molar refractivity (Wildman–Crippen MR) is 130 cm³/mol. The molecular formula is C25H25N3O4S. The molecule has 2 aromatic heterocycles. The van der Waals surface area contributed by atoms with E-state index >= 15 is 0 Å². The number of carbonyl (C=O) groups is 1. The highest BCUT2D eigenvalue weighted by Gasteiger charge is 2.15. The van der Waals surface area contributed by atoms with Gasteiger partial charge >= 0.3 is 5.69 Å². The van der Waals surface area contributed by atoms with Crippen LogP contribution in [0.25, 0.3) is 10.2 Å². The number of hydrogen-bond acceptors (Lipinski definition) is 5. The number of aromatic nitrogens is 2. The third-order valence-corrected chi connectivity index (χ3v) is 6.40. The molecule has 1 amide bonds. The number of nitrogens with one attached hydrogen (secondary N) is 1. The van der Waals surface area contributed by atoms with E-state index in [1.165, 1.54) is 15.9 Å². The number of benzene rings is 2. The van der Waals surface area contributed by atoms with Crippen molar-refractivity contribution in [1.29, 1.82) is 0 Å². The van der Waals surface area contributed by atoms with E-state index in [1.54, 1.807) is 17.7 Å². The van der Waals surface area contributed by atoms with Gasteiger partial charge in [0.15, 0.2) is 0 Å². The second-order valence-corrected chi connectivity index (χ2v) is 8.74. The van der Waals surface area contributed by atoms with Gasteiger partial charge in [-0.15, -0.1) is 11.3 Å². The molecule has 1 N–H and O–H groups in total. The zero-order valence-electron chi connectivity index (χ0n) is 18.5. The van der Waals surface area contributed by atoms with E-state index in [1.807, 2.05) is 60.8 Å². The minimum Gasteiger partial charge on any atom is -0.497 e. The fraction of sp³-hybridized carbons (Fsp3) is 0.240. The van der Waals surface area contributed by atoms with Crippen molar-refractivity contribution in [1.82, 2.24) is 14.5 Å². The molecule has 7 nitrogen and oxygen atoms in total. The smallest absolute Gasteiger partial charge is 0.331 e. The second-order valence-electron chi connectivity index (χ2n) is 7.82. The highest BCUT2D eigenvalue weighted by atomic mass is 32.1. The van der Waals surface area contributed by atoms with Crippen molar-refractivity contribution in [2.75, 3.05) is 7.11 Å². The lowest BCUT2D eigenvalue weighted by molar-refractivity contribution is -0.121. The van der Waals surface area contributed by atoms with Crippen molar-refractivity contribution in [2.24, 2.45) is 0 Å². The number of rotatable bonds is 8. The van der Waals surface area contributed by atoms with Gasteiger partial charge < -0.3 is 10.1 Å². The number of fused-ring (bicyclic) bond motifs is 1. The number of ether oxygens (including phenoxy) is 1. The maximum Gasteiger partial charge on any atom is 0.331 e. The molecule has 0 unspecified atom stereocenters. The molecule has 0 aliphatic carbocycles. The summed E-state index contributed by atoms with van der Waals surface area (Å²) >= 11 is 1.30. The number of hydrogen-bond donors (Lipinski definition) is 1. The van der Waals surface area contributed by atoms with Crippen molar-refractivity contribution in [3.8, 4) is 5.75 Å². The fourth-order valence-electron chi connectivity index (χ4n) is 3.61. The van der Waals surface area contributed by atoms with E-state index in [2.05, 4.69) is 5.32 Å². The third-order valence-electron chi connectivity index (χ3n) is 5.51. The van der Waals surface area contributed by atoms with E-state index in [9.17, 15) is 14.4 Å². The molecule has 0 saturated carbocycles. The Kier molecular flexibility index (Phi) is 6.74. The summed E-state index contributed by atoms with van der Waals surface area (Å²) in [6.45, 7) is 2.75. The van der Waals surface area contributed by atoms with Gasteiger partial charge in [-0.3, -0.25) is 18.7 Å². The Morgan fingerprint density at radius 1 is 0.970 bits per heavy atom. The number of thiophene rings is 1. The molecule has 0 spiro atoms. The topological polar surface area (TPSA) is 82.3 Å². The van der Waals surface area contributed by atoms with Crippen LogP contribution < -0.4 is 21.3 Å². The Hall–Kier alpha value is -3.65. The molecule has 170 valence electrons. The summed E-state index contributed by atoms with van der Waals surface area (Å²) in [4.78, 5) is 38.5. The van der Waals surface area contributed by atoms with E-state index < -0.39 is 5.69 Å².